The number of likely N-dealkylation sites (N-methyl/N-ethyl adjacent to an activating group) is 1. The summed E-state index contributed by atoms with van der Waals surface area (Å²) in [6.45, 7) is 0.943. The average molecular weight is 397 g/mol. The van der Waals surface area contributed by atoms with E-state index in [1.165, 1.54) is 27.8 Å². The largest absolute Gasteiger partial charge is 0.464 e. The van der Waals surface area contributed by atoms with E-state index < -0.39 is 0 Å². The second-order valence-electron chi connectivity index (χ2n) is 7.77. The number of benzene rings is 3. The molecule has 0 N–H and O–H groups in total. The number of carbonyl (C=O) groups is 1. The maximum atomic E-state index is 12.6. The summed E-state index contributed by atoms with van der Waals surface area (Å²) in [4.78, 5) is 14.2. The van der Waals surface area contributed by atoms with Crippen molar-refractivity contribution in [1.82, 2.24) is 4.90 Å². The van der Waals surface area contributed by atoms with Gasteiger partial charge in [-0.2, -0.15) is 0 Å². The molecule has 1 aliphatic carbocycles. The summed E-state index contributed by atoms with van der Waals surface area (Å²) in [5.41, 5.74) is 6.96. The molecular formula is C26H23NO3. The Morgan fingerprint density at radius 2 is 1.67 bits per heavy atom. The van der Waals surface area contributed by atoms with Crippen LogP contribution in [0.3, 0.4) is 0 Å². The number of carbonyl (C=O) groups excluding carboxylic acids is 1. The van der Waals surface area contributed by atoms with Gasteiger partial charge in [0.05, 0.1) is 6.26 Å². The minimum Gasteiger partial charge on any atom is -0.464 e. The quantitative estimate of drug-likeness (QED) is 0.424. The van der Waals surface area contributed by atoms with Gasteiger partial charge >= 0.3 is 6.09 Å². The molecule has 0 unspecified atom stereocenters. The molecule has 0 saturated carbocycles. The van der Waals surface area contributed by atoms with Gasteiger partial charge in [-0.3, -0.25) is 0 Å². The summed E-state index contributed by atoms with van der Waals surface area (Å²) in [6, 6.07) is 24.8. The summed E-state index contributed by atoms with van der Waals surface area (Å²) in [5, 5.41) is 1.08. The Balaban J connectivity index is 1.22. The highest BCUT2D eigenvalue weighted by Gasteiger charge is 2.29. The summed E-state index contributed by atoms with van der Waals surface area (Å²) < 4.78 is 11.1. The first-order chi connectivity index (χ1) is 14.7. The third kappa shape index (κ3) is 3.35. The van der Waals surface area contributed by atoms with Crippen LogP contribution in [0.1, 0.15) is 22.6 Å². The van der Waals surface area contributed by atoms with Crippen LogP contribution in [-0.2, 0) is 11.2 Å². The normalized spacial score (nSPS) is 12.6. The van der Waals surface area contributed by atoms with E-state index in [2.05, 4.69) is 42.5 Å². The molecule has 0 radical (unpaired) electrons. The molecule has 0 saturated heterocycles. The maximum absolute atomic E-state index is 12.6. The van der Waals surface area contributed by atoms with Crippen LogP contribution >= 0.6 is 0 Å². The fourth-order valence-electron chi connectivity index (χ4n) is 4.26. The van der Waals surface area contributed by atoms with Crippen LogP contribution in [-0.4, -0.2) is 31.2 Å². The lowest BCUT2D eigenvalue weighted by Gasteiger charge is -2.20. The zero-order valence-electron chi connectivity index (χ0n) is 16.9. The first kappa shape index (κ1) is 18.5. The van der Waals surface area contributed by atoms with Crippen molar-refractivity contribution in [3.05, 3.63) is 95.7 Å². The van der Waals surface area contributed by atoms with E-state index in [-0.39, 0.29) is 12.0 Å². The Morgan fingerprint density at radius 3 is 2.40 bits per heavy atom. The zero-order chi connectivity index (χ0) is 20.5. The van der Waals surface area contributed by atoms with Crippen molar-refractivity contribution in [1.29, 1.82) is 0 Å². The van der Waals surface area contributed by atoms with Gasteiger partial charge < -0.3 is 14.1 Å². The molecular weight excluding hydrogens is 374 g/mol. The monoisotopic (exact) mass is 397 g/mol. The highest BCUT2D eigenvalue weighted by atomic mass is 16.6. The van der Waals surface area contributed by atoms with Gasteiger partial charge in [-0.15, -0.1) is 0 Å². The number of furan rings is 1. The highest BCUT2D eigenvalue weighted by molar-refractivity contribution is 5.79. The topological polar surface area (TPSA) is 42.7 Å². The van der Waals surface area contributed by atoms with E-state index in [9.17, 15) is 4.79 Å². The van der Waals surface area contributed by atoms with Crippen molar-refractivity contribution >= 4 is 17.1 Å². The fraction of sp³-hybridized carbons (Fsp3) is 0.192. The molecule has 5 rings (SSSR count). The molecule has 0 aliphatic heterocycles. The molecule has 1 amide bonds. The van der Waals surface area contributed by atoms with E-state index >= 15 is 0 Å². The van der Waals surface area contributed by atoms with E-state index in [1.807, 2.05) is 30.3 Å². The lowest BCUT2D eigenvalue weighted by molar-refractivity contribution is 0.109. The Morgan fingerprint density at radius 1 is 0.967 bits per heavy atom. The van der Waals surface area contributed by atoms with Crippen molar-refractivity contribution in [3.63, 3.8) is 0 Å². The number of rotatable bonds is 5. The van der Waals surface area contributed by atoms with Crippen LogP contribution in [0.4, 0.5) is 4.79 Å². The van der Waals surface area contributed by atoms with Crippen molar-refractivity contribution in [2.75, 3.05) is 20.2 Å². The second kappa shape index (κ2) is 7.71. The van der Waals surface area contributed by atoms with Gasteiger partial charge in [-0.1, -0.05) is 54.6 Å². The third-order valence-electron chi connectivity index (χ3n) is 5.90. The minimum atomic E-state index is -0.291. The van der Waals surface area contributed by atoms with Gasteiger partial charge in [-0.25, -0.2) is 4.79 Å². The Kier molecular flexibility index (Phi) is 4.75. The molecule has 1 aliphatic rings. The van der Waals surface area contributed by atoms with Gasteiger partial charge in [0.15, 0.2) is 0 Å². The van der Waals surface area contributed by atoms with Crippen molar-refractivity contribution in [2.24, 2.45) is 0 Å². The summed E-state index contributed by atoms with van der Waals surface area (Å²) in [7, 11) is 1.79. The molecule has 1 aromatic heterocycles. The number of hydrogen-bond acceptors (Lipinski definition) is 3. The number of ether oxygens (including phenoxy) is 1. The molecule has 1 heterocycles. The molecule has 0 bridgehead atoms. The van der Waals surface area contributed by atoms with Crippen LogP contribution < -0.4 is 0 Å². The maximum Gasteiger partial charge on any atom is 0.409 e. The molecule has 30 heavy (non-hydrogen) atoms. The highest BCUT2D eigenvalue weighted by Crippen LogP contribution is 2.44. The average Bonchev–Trinajstić information content (AvgIpc) is 3.38. The van der Waals surface area contributed by atoms with Crippen LogP contribution in [0.15, 0.2) is 83.5 Å². The fourth-order valence-corrected chi connectivity index (χ4v) is 4.26. The van der Waals surface area contributed by atoms with Gasteiger partial charge in [0.1, 0.15) is 12.2 Å². The van der Waals surface area contributed by atoms with E-state index in [1.54, 1.807) is 18.2 Å². The summed E-state index contributed by atoms with van der Waals surface area (Å²) in [5.74, 6) is 0.0817. The number of nitrogens with zero attached hydrogens (tertiary/aromatic N) is 1. The van der Waals surface area contributed by atoms with Gasteiger partial charge in [0.2, 0.25) is 0 Å². The van der Waals surface area contributed by atoms with Gasteiger partial charge in [-0.05, 0) is 52.4 Å². The number of fused-ring (bicyclic) bond motifs is 4. The molecule has 0 atom stereocenters. The van der Waals surface area contributed by atoms with Crippen LogP contribution in [0.5, 0.6) is 0 Å². The van der Waals surface area contributed by atoms with Crippen LogP contribution in [0.25, 0.3) is 22.1 Å². The van der Waals surface area contributed by atoms with Crippen LogP contribution in [0, 0.1) is 0 Å². The van der Waals surface area contributed by atoms with E-state index in [0.717, 1.165) is 17.4 Å². The first-order valence-corrected chi connectivity index (χ1v) is 10.2. The Hall–Kier alpha value is -3.53. The first-order valence-electron chi connectivity index (χ1n) is 10.2. The Labute approximate surface area is 175 Å². The van der Waals surface area contributed by atoms with Crippen molar-refractivity contribution in [3.8, 4) is 11.1 Å². The van der Waals surface area contributed by atoms with E-state index in [4.69, 9.17) is 9.15 Å². The lowest BCUT2D eigenvalue weighted by Crippen LogP contribution is -2.30. The zero-order valence-corrected chi connectivity index (χ0v) is 16.9. The molecule has 0 fully saturated rings. The molecule has 150 valence electrons. The summed E-state index contributed by atoms with van der Waals surface area (Å²) >= 11 is 0. The smallest absolute Gasteiger partial charge is 0.409 e. The third-order valence-corrected chi connectivity index (χ3v) is 5.90. The molecule has 3 aromatic carbocycles. The van der Waals surface area contributed by atoms with Crippen molar-refractivity contribution < 1.29 is 13.9 Å². The van der Waals surface area contributed by atoms with Gasteiger partial charge in [0.25, 0.3) is 0 Å². The Bertz CT molecular complexity index is 1160. The molecule has 4 nitrogen and oxygen atoms in total. The minimum absolute atomic E-state index is 0.0817. The molecule has 0 spiro atoms. The van der Waals surface area contributed by atoms with Crippen LogP contribution in [0.2, 0.25) is 0 Å². The molecule has 4 aromatic rings. The van der Waals surface area contributed by atoms with Gasteiger partial charge in [0, 0.05) is 24.9 Å². The number of hydrogen-bond donors (Lipinski definition) is 0. The lowest BCUT2D eigenvalue weighted by atomic mass is 9.98. The second-order valence-corrected chi connectivity index (χ2v) is 7.77. The number of amides is 1. The SMILES string of the molecule is CN(CCc1ccc2occc2c1)C(=O)OCC1c2ccccc2-c2ccccc21. The predicted molar refractivity (Wildman–Crippen MR) is 118 cm³/mol. The standard InChI is InChI=1S/C26H23NO3/c1-27(14-12-18-10-11-25-19(16-18)13-15-29-25)26(28)30-17-24-22-8-4-2-6-20(22)21-7-3-5-9-23(21)24/h2-11,13,15-16,24H,12,14,17H2,1H3. The van der Waals surface area contributed by atoms with E-state index in [0.29, 0.717) is 13.2 Å². The molecule has 4 heteroatoms. The summed E-state index contributed by atoms with van der Waals surface area (Å²) in [6.07, 6.45) is 2.17. The predicted octanol–water partition coefficient (Wildman–Crippen LogP) is 5.86. The van der Waals surface area contributed by atoms with Crippen molar-refractivity contribution in [2.45, 2.75) is 12.3 Å².